The Morgan fingerprint density at radius 1 is 1.42 bits per heavy atom. The first-order valence-corrected chi connectivity index (χ1v) is 4.46. The van der Waals surface area contributed by atoms with Crippen LogP contribution in [0.3, 0.4) is 0 Å². The van der Waals surface area contributed by atoms with E-state index in [1.807, 2.05) is 0 Å². The Balaban J connectivity index is 2.13. The number of nitrogens with one attached hydrogen (secondary N) is 1. The Kier molecular flexibility index (Phi) is 2.13. The minimum atomic E-state index is -0.0816. The van der Waals surface area contributed by atoms with Gasteiger partial charge in [-0.1, -0.05) is 12.2 Å². The number of hydrogen-bond acceptors (Lipinski definition) is 3. The van der Waals surface area contributed by atoms with E-state index in [0.29, 0.717) is 5.92 Å². The molecule has 1 N–H and O–H groups in total. The molecule has 0 aromatic rings. The van der Waals surface area contributed by atoms with E-state index in [4.69, 9.17) is 4.84 Å². The molecule has 3 heteroatoms. The molecule has 0 saturated carbocycles. The van der Waals surface area contributed by atoms with Crippen LogP contribution in [0.25, 0.3) is 0 Å². The largest absolute Gasteiger partial charge is 0.370 e. The lowest BCUT2D eigenvalue weighted by molar-refractivity contribution is -0.155. The van der Waals surface area contributed by atoms with Crippen molar-refractivity contribution < 1.29 is 9.63 Å². The zero-order valence-electron chi connectivity index (χ0n) is 6.95. The molecule has 2 unspecified atom stereocenters. The molecule has 2 aliphatic rings. The van der Waals surface area contributed by atoms with Gasteiger partial charge < -0.3 is 4.84 Å². The fourth-order valence-corrected chi connectivity index (χ4v) is 1.92. The zero-order chi connectivity index (χ0) is 8.39. The first kappa shape index (κ1) is 7.80. The number of rotatable bonds is 0. The van der Waals surface area contributed by atoms with Gasteiger partial charge in [0.1, 0.15) is 0 Å². The topological polar surface area (TPSA) is 38.3 Å². The van der Waals surface area contributed by atoms with Crippen LogP contribution in [0.15, 0.2) is 12.2 Å². The maximum Gasteiger partial charge on any atom is 0.328 e. The number of fused-ring (bicyclic) bond motifs is 1. The second-order valence-electron chi connectivity index (χ2n) is 3.41. The molecule has 2 rings (SSSR count). The summed E-state index contributed by atoms with van der Waals surface area (Å²) < 4.78 is 0. The number of carbonyl (C=O) groups is 1. The molecule has 1 heterocycles. The van der Waals surface area contributed by atoms with Gasteiger partial charge in [0.2, 0.25) is 0 Å². The summed E-state index contributed by atoms with van der Waals surface area (Å²) in [6, 6.07) is 0. The molecular weight excluding hydrogens is 154 g/mol. The molecule has 0 aromatic carbocycles. The molecular formula is C9H13NO2. The van der Waals surface area contributed by atoms with Crippen LogP contribution in [0.2, 0.25) is 0 Å². The Bertz CT molecular complexity index is 213. The van der Waals surface area contributed by atoms with Crippen molar-refractivity contribution in [2.45, 2.75) is 19.3 Å². The number of hydrogen-bond donors (Lipinski definition) is 1. The number of carbonyl (C=O) groups excluding carboxylic acids is 1. The van der Waals surface area contributed by atoms with Gasteiger partial charge in [-0.15, -0.1) is 0 Å². The third-order valence-electron chi connectivity index (χ3n) is 2.66. The van der Waals surface area contributed by atoms with Crippen molar-refractivity contribution in [1.29, 1.82) is 0 Å². The van der Waals surface area contributed by atoms with Gasteiger partial charge in [-0.25, -0.2) is 0 Å². The molecule has 0 aromatic heterocycles. The third kappa shape index (κ3) is 1.37. The zero-order valence-corrected chi connectivity index (χ0v) is 6.95. The van der Waals surface area contributed by atoms with E-state index >= 15 is 0 Å². The van der Waals surface area contributed by atoms with Gasteiger partial charge in [0.15, 0.2) is 0 Å². The van der Waals surface area contributed by atoms with Gasteiger partial charge in [-0.2, -0.15) is 5.48 Å². The molecule has 1 aliphatic heterocycles. The summed E-state index contributed by atoms with van der Waals surface area (Å²) >= 11 is 0. The van der Waals surface area contributed by atoms with Crippen LogP contribution in [-0.2, 0) is 9.63 Å². The second kappa shape index (κ2) is 3.27. The van der Waals surface area contributed by atoms with E-state index in [1.54, 1.807) is 0 Å². The highest BCUT2D eigenvalue weighted by molar-refractivity contribution is 5.73. The van der Waals surface area contributed by atoms with E-state index < -0.39 is 0 Å². The lowest BCUT2D eigenvalue weighted by Crippen LogP contribution is -2.25. The maximum atomic E-state index is 11.3. The first-order chi connectivity index (χ1) is 5.88. The van der Waals surface area contributed by atoms with Crippen molar-refractivity contribution in [3.05, 3.63) is 12.2 Å². The summed E-state index contributed by atoms with van der Waals surface area (Å²) in [5, 5.41) is 0. The Morgan fingerprint density at radius 3 is 3.17 bits per heavy atom. The second-order valence-corrected chi connectivity index (χ2v) is 3.41. The van der Waals surface area contributed by atoms with Crippen LogP contribution < -0.4 is 5.48 Å². The van der Waals surface area contributed by atoms with Crippen LogP contribution in [0, 0.1) is 11.8 Å². The molecule has 1 aliphatic carbocycles. The lowest BCUT2D eigenvalue weighted by atomic mass is 9.81. The standard InChI is InChI=1S/C9H13NO2/c11-9-8-4-2-1-3-7(8)5-6-10-12-9/h1-2,7-8,10H,3-6H2. The maximum absolute atomic E-state index is 11.3. The number of hydroxylamine groups is 1. The highest BCUT2D eigenvalue weighted by Gasteiger charge is 2.31. The molecule has 3 nitrogen and oxygen atoms in total. The van der Waals surface area contributed by atoms with Crippen LogP contribution in [0.4, 0.5) is 0 Å². The van der Waals surface area contributed by atoms with Crippen molar-refractivity contribution in [2.24, 2.45) is 11.8 Å². The minimum absolute atomic E-state index is 0.0816. The van der Waals surface area contributed by atoms with E-state index in [1.165, 1.54) is 0 Å². The quantitative estimate of drug-likeness (QED) is 0.547. The molecule has 0 bridgehead atoms. The molecule has 0 radical (unpaired) electrons. The Morgan fingerprint density at radius 2 is 2.25 bits per heavy atom. The summed E-state index contributed by atoms with van der Waals surface area (Å²) in [4.78, 5) is 16.2. The Hall–Kier alpha value is -0.830. The normalized spacial score (nSPS) is 35.2. The highest BCUT2D eigenvalue weighted by atomic mass is 16.7. The average Bonchev–Trinajstić information content (AvgIpc) is 2.29. The summed E-state index contributed by atoms with van der Waals surface area (Å²) in [7, 11) is 0. The monoisotopic (exact) mass is 167 g/mol. The highest BCUT2D eigenvalue weighted by Crippen LogP contribution is 2.30. The molecule has 12 heavy (non-hydrogen) atoms. The summed E-state index contributed by atoms with van der Waals surface area (Å²) in [5.74, 6) is 0.518. The molecule has 2 atom stereocenters. The van der Waals surface area contributed by atoms with Gasteiger partial charge in [0.05, 0.1) is 5.92 Å². The van der Waals surface area contributed by atoms with Crippen molar-refractivity contribution in [2.75, 3.05) is 6.54 Å². The van der Waals surface area contributed by atoms with Gasteiger partial charge in [-0.05, 0) is 25.2 Å². The van der Waals surface area contributed by atoms with E-state index in [0.717, 1.165) is 25.8 Å². The van der Waals surface area contributed by atoms with Gasteiger partial charge >= 0.3 is 5.97 Å². The van der Waals surface area contributed by atoms with Crippen molar-refractivity contribution >= 4 is 5.97 Å². The van der Waals surface area contributed by atoms with Crippen LogP contribution >= 0.6 is 0 Å². The van der Waals surface area contributed by atoms with Gasteiger partial charge in [0, 0.05) is 6.54 Å². The van der Waals surface area contributed by atoms with E-state index in [9.17, 15) is 4.79 Å². The minimum Gasteiger partial charge on any atom is -0.370 e. The molecule has 1 fully saturated rings. The fourth-order valence-electron chi connectivity index (χ4n) is 1.92. The van der Waals surface area contributed by atoms with Crippen LogP contribution in [-0.4, -0.2) is 12.5 Å². The third-order valence-corrected chi connectivity index (χ3v) is 2.66. The van der Waals surface area contributed by atoms with E-state index in [2.05, 4.69) is 17.6 Å². The van der Waals surface area contributed by atoms with Crippen LogP contribution in [0.5, 0.6) is 0 Å². The summed E-state index contributed by atoms with van der Waals surface area (Å²) in [6.45, 7) is 0.792. The molecule has 0 spiro atoms. The van der Waals surface area contributed by atoms with Crippen LogP contribution in [0.1, 0.15) is 19.3 Å². The first-order valence-electron chi connectivity index (χ1n) is 4.46. The molecule has 0 amide bonds. The van der Waals surface area contributed by atoms with Gasteiger partial charge in [-0.3, -0.25) is 4.79 Å². The predicted octanol–water partition coefficient (Wildman–Crippen LogP) is 1.02. The molecule has 1 saturated heterocycles. The average molecular weight is 167 g/mol. The Labute approximate surface area is 71.7 Å². The smallest absolute Gasteiger partial charge is 0.328 e. The lowest BCUT2D eigenvalue weighted by Gasteiger charge is -2.22. The summed E-state index contributed by atoms with van der Waals surface area (Å²) in [5.41, 5.74) is 2.68. The number of allylic oxidation sites excluding steroid dienone is 2. The van der Waals surface area contributed by atoms with E-state index in [-0.39, 0.29) is 11.9 Å². The van der Waals surface area contributed by atoms with Crippen molar-refractivity contribution in [3.8, 4) is 0 Å². The SMILES string of the molecule is O=C1ONCCC2CC=CCC12. The van der Waals surface area contributed by atoms with Gasteiger partial charge in [0.25, 0.3) is 0 Å². The van der Waals surface area contributed by atoms with Crippen molar-refractivity contribution in [3.63, 3.8) is 0 Å². The fraction of sp³-hybridized carbons (Fsp3) is 0.667. The molecule has 66 valence electrons. The van der Waals surface area contributed by atoms with Crippen molar-refractivity contribution in [1.82, 2.24) is 5.48 Å². The summed E-state index contributed by atoms with van der Waals surface area (Å²) in [6.07, 6.45) is 7.17. The predicted molar refractivity (Wildman–Crippen MR) is 44.1 cm³/mol.